The molecule has 19 heavy (non-hydrogen) atoms. The Morgan fingerprint density at radius 3 is 2.84 bits per heavy atom. The Morgan fingerprint density at radius 2 is 2.05 bits per heavy atom. The summed E-state index contributed by atoms with van der Waals surface area (Å²) in [6, 6.07) is 7.17. The molecule has 0 aliphatic carbocycles. The molecule has 5 heteroatoms. The number of hydrogen-bond donors (Lipinski definition) is 2. The SMILES string of the molecule is Oc1cccc(-c2ncncc2N2CCNCC2)c1. The maximum absolute atomic E-state index is 9.61. The van der Waals surface area contributed by atoms with Crippen molar-refractivity contribution in [3.05, 3.63) is 36.8 Å². The average Bonchev–Trinajstić information content (AvgIpc) is 2.48. The number of nitrogens with zero attached hydrogens (tertiary/aromatic N) is 3. The summed E-state index contributed by atoms with van der Waals surface area (Å²) in [5.74, 6) is 0.252. The van der Waals surface area contributed by atoms with E-state index in [0.717, 1.165) is 43.1 Å². The molecule has 1 saturated heterocycles. The largest absolute Gasteiger partial charge is 0.508 e. The van der Waals surface area contributed by atoms with Crippen LogP contribution in [0.1, 0.15) is 0 Å². The van der Waals surface area contributed by atoms with Crippen LogP contribution in [0, 0.1) is 0 Å². The van der Waals surface area contributed by atoms with Gasteiger partial charge in [-0.25, -0.2) is 9.97 Å². The van der Waals surface area contributed by atoms with Gasteiger partial charge >= 0.3 is 0 Å². The van der Waals surface area contributed by atoms with Crippen LogP contribution in [-0.4, -0.2) is 41.3 Å². The number of piperazine rings is 1. The van der Waals surface area contributed by atoms with Crippen LogP contribution in [-0.2, 0) is 0 Å². The molecular weight excluding hydrogens is 240 g/mol. The van der Waals surface area contributed by atoms with Crippen molar-refractivity contribution in [2.24, 2.45) is 0 Å². The van der Waals surface area contributed by atoms with E-state index in [1.165, 1.54) is 0 Å². The second-order valence-electron chi connectivity index (χ2n) is 4.54. The van der Waals surface area contributed by atoms with Crippen molar-refractivity contribution in [3.8, 4) is 17.0 Å². The van der Waals surface area contributed by atoms with Crippen LogP contribution in [0.4, 0.5) is 5.69 Å². The van der Waals surface area contributed by atoms with Gasteiger partial charge in [-0.05, 0) is 12.1 Å². The lowest BCUT2D eigenvalue weighted by molar-refractivity contribution is 0.475. The van der Waals surface area contributed by atoms with Crippen LogP contribution in [0.15, 0.2) is 36.8 Å². The van der Waals surface area contributed by atoms with E-state index in [-0.39, 0.29) is 5.75 Å². The first kappa shape index (κ1) is 11.9. The first-order valence-corrected chi connectivity index (χ1v) is 6.40. The third-order valence-corrected chi connectivity index (χ3v) is 3.27. The van der Waals surface area contributed by atoms with Crippen molar-refractivity contribution in [1.82, 2.24) is 15.3 Å². The van der Waals surface area contributed by atoms with Gasteiger partial charge in [0.2, 0.25) is 0 Å². The number of anilines is 1. The van der Waals surface area contributed by atoms with Crippen LogP contribution in [0.3, 0.4) is 0 Å². The molecule has 0 unspecified atom stereocenters. The summed E-state index contributed by atoms with van der Waals surface area (Å²) in [6.45, 7) is 3.82. The summed E-state index contributed by atoms with van der Waals surface area (Å²) < 4.78 is 0. The first-order valence-electron chi connectivity index (χ1n) is 6.40. The Kier molecular flexibility index (Phi) is 3.29. The maximum Gasteiger partial charge on any atom is 0.116 e. The van der Waals surface area contributed by atoms with E-state index in [1.54, 1.807) is 18.5 Å². The monoisotopic (exact) mass is 256 g/mol. The van der Waals surface area contributed by atoms with Crippen LogP contribution >= 0.6 is 0 Å². The molecule has 1 aromatic heterocycles. The predicted molar refractivity (Wildman–Crippen MR) is 74.2 cm³/mol. The number of rotatable bonds is 2. The Morgan fingerprint density at radius 1 is 1.21 bits per heavy atom. The average molecular weight is 256 g/mol. The molecule has 3 rings (SSSR count). The van der Waals surface area contributed by atoms with Gasteiger partial charge in [-0.15, -0.1) is 0 Å². The van der Waals surface area contributed by atoms with E-state index in [1.807, 2.05) is 18.3 Å². The second-order valence-corrected chi connectivity index (χ2v) is 4.54. The predicted octanol–water partition coefficient (Wildman–Crippen LogP) is 1.26. The number of phenolic OH excluding ortho intramolecular Hbond substituents is 1. The topological polar surface area (TPSA) is 61.3 Å². The molecule has 2 aromatic rings. The number of hydrogen-bond acceptors (Lipinski definition) is 5. The first-order chi connectivity index (χ1) is 9.34. The fourth-order valence-electron chi connectivity index (χ4n) is 2.34. The van der Waals surface area contributed by atoms with Gasteiger partial charge in [0.05, 0.1) is 17.6 Å². The van der Waals surface area contributed by atoms with Gasteiger partial charge in [-0.3, -0.25) is 0 Å². The molecular formula is C14H16N4O. The molecule has 2 N–H and O–H groups in total. The smallest absolute Gasteiger partial charge is 0.116 e. The second kappa shape index (κ2) is 5.24. The minimum atomic E-state index is 0.252. The molecule has 0 amide bonds. The maximum atomic E-state index is 9.61. The van der Waals surface area contributed by atoms with Gasteiger partial charge < -0.3 is 15.3 Å². The van der Waals surface area contributed by atoms with Crippen molar-refractivity contribution in [3.63, 3.8) is 0 Å². The molecule has 0 saturated carbocycles. The van der Waals surface area contributed by atoms with Crippen LogP contribution in [0.25, 0.3) is 11.3 Å². The summed E-state index contributed by atoms with van der Waals surface area (Å²) in [7, 11) is 0. The molecule has 1 aliphatic rings. The van der Waals surface area contributed by atoms with Gasteiger partial charge in [0.15, 0.2) is 0 Å². The van der Waals surface area contributed by atoms with E-state index >= 15 is 0 Å². The lowest BCUT2D eigenvalue weighted by atomic mass is 10.1. The zero-order chi connectivity index (χ0) is 13.1. The molecule has 0 bridgehead atoms. The fraction of sp³-hybridized carbons (Fsp3) is 0.286. The third kappa shape index (κ3) is 2.51. The zero-order valence-electron chi connectivity index (χ0n) is 10.6. The van der Waals surface area contributed by atoms with Gasteiger partial charge in [-0.2, -0.15) is 0 Å². The minimum Gasteiger partial charge on any atom is -0.508 e. The molecule has 0 atom stereocenters. The van der Waals surface area contributed by atoms with Gasteiger partial charge in [-0.1, -0.05) is 12.1 Å². The molecule has 5 nitrogen and oxygen atoms in total. The van der Waals surface area contributed by atoms with E-state index in [2.05, 4.69) is 20.2 Å². The molecule has 2 heterocycles. The van der Waals surface area contributed by atoms with Crippen molar-refractivity contribution < 1.29 is 5.11 Å². The summed E-state index contributed by atoms with van der Waals surface area (Å²) in [5.41, 5.74) is 2.80. The van der Waals surface area contributed by atoms with E-state index in [9.17, 15) is 5.11 Å². The summed E-state index contributed by atoms with van der Waals surface area (Å²) in [4.78, 5) is 10.8. The lowest BCUT2D eigenvalue weighted by Crippen LogP contribution is -2.43. The lowest BCUT2D eigenvalue weighted by Gasteiger charge is -2.30. The molecule has 98 valence electrons. The Labute approximate surface area is 111 Å². The van der Waals surface area contributed by atoms with Crippen molar-refractivity contribution in [1.29, 1.82) is 0 Å². The van der Waals surface area contributed by atoms with Crippen molar-refractivity contribution in [2.75, 3.05) is 31.1 Å². The number of benzene rings is 1. The highest BCUT2D eigenvalue weighted by Crippen LogP contribution is 2.29. The van der Waals surface area contributed by atoms with Gasteiger partial charge in [0.25, 0.3) is 0 Å². The Balaban J connectivity index is 2.01. The van der Waals surface area contributed by atoms with Gasteiger partial charge in [0, 0.05) is 31.7 Å². The van der Waals surface area contributed by atoms with Crippen LogP contribution in [0.5, 0.6) is 5.75 Å². The fourth-order valence-corrected chi connectivity index (χ4v) is 2.34. The summed E-state index contributed by atoms with van der Waals surface area (Å²) >= 11 is 0. The Hall–Kier alpha value is -2.14. The molecule has 0 spiro atoms. The van der Waals surface area contributed by atoms with Gasteiger partial charge in [0.1, 0.15) is 12.1 Å². The standard InChI is InChI=1S/C14H16N4O/c19-12-3-1-2-11(8-12)14-13(9-16-10-17-14)18-6-4-15-5-7-18/h1-3,8-10,15,19H,4-7H2. The summed E-state index contributed by atoms with van der Waals surface area (Å²) in [6.07, 6.45) is 3.39. The van der Waals surface area contributed by atoms with E-state index < -0.39 is 0 Å². The highest BCUT2D eigenvalue weighted by molar-refractivity contribution is 5.75. The van der Waals surface area contributed by atoms with Crippen LogP contribution in [0.2, 0.25) is 0 Å². The number of phenols is 1. The van der Waals surface area contributed by atoms with Crippen molar-refractivity contribution in [2.45, 2.75) is 0 Å². The number of nitrogens with one attached hydrogen (secondary N) is 1. The van der Waals surface area contributed by atoms with E-state index in [4.69, 9.17) is 0 Å². The molecule has 1 aliphatic heterocycles. The quantitative estimate of drug-likeness (QED) is 0.847. The van der Waals surface area contributed by atoms with E-state index in [0.29, 0.717) is 0 Å². The number of aromatic nitrogens is 2. The highest BCUT2D eigenvalue weighted by atomic mass is 16.3. The van der Waals surface area contributed by atoms with Crippen LogP contribution < -0.4 is 10.2 Å². The molecule has 0 radical (unpaired) electrons. The minimum absolute atomic E-state index is 0.252. The molecule has 1 aromatic carbocycles. The number of aromatic hydroxyl groups is 1. The normalized spacial score (nSPS) is 15.5. The summed E-state index contributed by atoms with van der Waals surface area (Å²) in [5, 5.41) is 12.9. The van der Waals surface area contributed by atoms with Crippen molar-refractivity contribution >= 4 is 5.69 Å². The highest BCUT2D eigenvalue weighted by Gasteiger charge is 2.16. The third-order valence-electron chi connectivity index (χ3n) is 3.27. The Bertz CT molecular complexity index is 567. The zero-order valence-corrected chi connectivity index (χ0v) is 10.6. The molecule has 1 fully saturated rings.